The van der Waals surface area contributed by atoms with Gasteiger partial charge in [0.25, 0.3) is 6.01 Å². The van der Waals surface area contributed by atoms with Gasteiger partial charge in [0.2, 0.25) is 5.91 Å². The molecule has 1 aromatic carbocycles. The molecule has 1 N–H and O–H groups in total. The summed E-state index contributed by atoms with van der Waals surface area (Å²) in [4.78, 5) is 18.0. The molecule has 94 valence electrons. The monoisotopic (exact) mass is 245 g/mol. The van der Waals surface area contributed by atoms with Gasteiger partial charge in [0.05, 0.1) is 0 Å². The van der Waals surface area contributed by atoms with Crippen LogP contribution in [-0.4, -0.2) is 30.0 Å². The first-order chi connectivity index (χ1) is 8.65. The number of hydrogen-bond donors (Lipinski definition) is 1. The number of hydrogen-bond acceptors (Lipinski definition) is 4. The number of nitrogens with zero attached hydrogens (tertiary/aromatic N) is 2. The Morgan fingerprint density at radius 1 is 1.50 bits per heavy atom. The summed E-state index contributed by atoms with van der Waals surface area (Å²) in [6.07, 6.45) is 0. The maximum absolute atomic E-state index is 11.6. The Bertz CT molecular complexity index is 605. The van der Waals surface area contributed by atoms with Gasteiger partial charge < -0.3 is 14.6 Å². The van der Waals surface area contributed by atoms with Crippen LogP contribution in [0.5, 0.6) is 0 Å². The minimum Gasteiger partial charge on any atom is -0.423 e. The molecule has 1 aliphatic heterocycles. The number of piperazine rings is 1. The Kier molecular flexibility index (Phi) is 2.47. The summed E-state index contributed by atoms with van der Waals surface area (Å²) < 4.78 is 5.72. The molecule has 5 heteroatoms. The van der Waals surface area contributed by atoms with Crippen LogP contribution in [0.15, 0.2) is 22.6 Å². The minimum atomic E-state index is -0.243. The number of rotatable bonds is 1. The predicted octanol–water partition coefficient (Wildman–Crippen LogP) is 1.46. The number of carbonyl (C=O) groups is 1. The Morgan fingerprint density at radius 2 is 2.33 bits per heavy atom. The molecular formula is C13H15N3O2. The van der Waals surface area contributed by atoms with E-state index >= 15 is 0 Å². The molecule has 1 fully saturated rings. The summed E-state index contributed by atoms with van der Waals surface area (Å²) in [5, 5.41) is 2.82. The zero-order chi connectivity index (χ0) is 12.7. The van der Waals surface area contributed by atoms with Crippen molar-refractivity contribution in [3.63, 3.8) is 0 Å². The van der Waals surface area contributed by atoms with Gasteiger partial charge in [-0.05, 0) is 31.5 Å². The van der Waals surface area contributed by atoms with Gasteiger partial charge in [0.1, 0.15) is 11.6 Å². The van der Waals surface area contributed by atoms with Crippen LogP contribution in [0.25, 0.3) is 11.1 Å². The van der Waals surface area contributed by atoms with Crippen molar-refractivity contribution in [1.29, 1.82) is 0 Å². The Labute approximate surface area is 105 Å². The first-order valence-corrected chi connectivity index (χ1v) is 6.07. The number of aryl methyl sites for hydroxylation is 1. The summed E-state index contributed by atoms with van der Waals surface area (Å²) in [6, 6.07) is 6.17. The molecule has 1 unspecified atom stereocenters. The van der Waals surface area contributed by atoms with Gasteiger partial charge in [0, 0.05) is 13.1 Å². The van der Waals surface area contributed by atoms with Crippen molar-refractivity contribution >= 4 is 23.0 Å². The fraction of sp³-hybridized carbons (Fsp3) is 0.385. The molecule has 3 rings (SSSR count). The lowest BCUT2D eigenvalue weighted by molar-refractivity contribution is -0.123. The van der Waals surface area contributed by atoms with Gasteiger partial charge in [-0.3, -0.25) is 4.79 Å². The molecular weight excluding hydrogens is 230 g/mol. The van der Waals surface area contributed by atoms with Crippen LogP contribution in [0, 0.1) is 6.92 Å². The summed E-state index contributed by atoms with van der Waals surface area (Å²) in [7, 11) is 0. The number of benzene rings is 1. The first kappa shape index (κ1) is 11.1. The van der Waals surface area contributed by atoms with Crippen LogP contribution in [0.3, 0.4) is 0 Å². The molecule has 0 spiro atoms. The zero-order valence-electron chi connectivity index (χ0n) is 10.4. The molecule has 5 nitrogen and oxygen atoms in total. The highest BCUT2D eigenvalue weighted by molar-refractivity contribution is 5.86. The van der Waals surface area contributed by atoms with Gasteiger partial charge in [-0.25, -0.2) is 0 Å². The number of aromatic nitrogens is 1. The molecule has 0 saturated carbocycles. The van der Waals surface area contributed by atoms with Gasteiger partial charge in [-0.1, -0.05) is 6.07 Å². The Morgan fingerprint density at radius 3 is 3.17 bits per heavy atom. The minimum absolute atomic E-state index is 0.0136. The molecule has 2 heterocycles. The van der Waals surface area contributed by atoms with E-state index < -0.39 is 0 Å². The van der Waals surface area contributed by atoms with Crippen LogP contribution in [0.2, 0.25) is 0 Å². The number of anilines is 1. The third-order valence-electron chi connectivity index (χ3n) is 3.28. The normalized spacial score (nSPS) is 20.2. The van der Waals surface area contributed by atoms with Crippen molar-refractivity contribution in [2.24, 2.45) is 0 Å². The lowest BCUT2D eigenvalue weighted by Crippen LogP contribution is -2.54. The molecule has 0 radical (unpaired) electrons. The maximum Gasteiger partial charge on any atom is 0.299 e. The summed E-state index contributed by atoms with van der Waals surface area (Å²) >= 11 is 0. The highest BCUT2D eigenvalue weighted by Crippen LogP contribution is 2.24. The highest BCUT2D eigenvalue weighted by atomic mass is 16.4. The van der Waals surface area contributed by atoms with Crippen LogP contribution in [-0.2, 0) is 4.79 Å². The van der Waals surface area contributed by atoms with E-state index in [0.29, 0.717) is 12.6 Å². The second-order valence-electron chi connectivity index (χ2n) is 4.63. The number of nitrogens with one attached hydrogen (secondary N) is 1. The second-order valence-corrected chi connectivity index (χ2v) is 4.63. The largest absolute Gasteiger partial charge is 0.423 e. The number of amides is 1. The zero-order valence-corrected chi connectivity index (χ0v) is 10.4. The van der Waals surface area contributed by atoms with Crippen LogP contribution in [0.4, 0.5) is 6.01 Å². The quantitative estimate of drug-likeness (QED) is 0.826. The lowest BCUT2D eigenvalue weighted by atomic mass is 10.2. The van der Waals surface area contributed by atoms with E-state index in [4.69, 9.17) is 4.42 Å². The standard InChI is InChI=1S/C13H15N3O2/c1-8-3-4-11-10(7-8)15-13(18-11)16-6-5-14-12(17)9(16)2/h3-4,7,9H,5-6H2,1-2H3,(H,14,17). The van der Waals surface area contributed by atoms with Gasteiger partial charge in [-0.15, -0.1) is 0 Å². The third kappa shape index (κ3) is 1.72. The lowest BCUT2D eigenvalue weighted by Gasteiger charge is -2.31. The molecule has 1 aliphatic rings. The SMILES string of the molecule is Cc1ccc2oc(N3CCNC(=O)C3C)nc2c1. The summed E-state index contributed by atoms with van der Waals surface area (Å²) in [5.74, 6) is 0.0136. The van der Waals surface area contributed by atoms with E-state index in [1.165, 1.54) is 0 Å². The molecule has 2 aromatic rings. The van der Waals surface area contributed by atoms with E-state index in [-0.39, 0.29) is 11.9 Å². The molecule has 1 amide bonds. The second kappa shape index (κ2) is 4.01. The van der Waals surface area contributed by atoms with Crippen LogP contribution in [0.1, 0.15) is 12.5 Å². The Balaban J connectivity index is 2.01. The Hall–Kier alpha value is -2.04. The van der Waals surface area contributed by atoms with Crippen LogP contribution < -0.4 is 10.2 Å². The van der Waals surface area contributed by atoms with Crippen molar-refractivity contribution < 1.29 is 9.21 Å². The number of carbonyl (C=O) groups excluding carboxylic acids is 1. The van der Waals surface area contributed by atoms with Crippen LogP contribution >= 0.6 is 0 Å². The molecule has 1 saturated heterocycles. The van der Waals surface area contributed by atoms with Crippen molar-refractivity contribution in [2.75, 3.05) is 18.0 Å². The van der Waals surface area contributed by atoms with Gasteiger partial charge >= 0.3 is 0 Å². The molecule has 0 aliphatic carbocycles. The molecule has 1 aromatic heterocycles. The summed E-state index contributed by atoms with van der Waals surface area (Å²) in [5.41, 5.74) is 2.74. The van der Waals surface area contributed by atoms with E-state index in [9.17, 15) is 4.79 Å². The number of oxazole rings is 1. The average molecular weight is 245 g/mol. The van der Waals surface area contributed by atoms with Crippen molar-refractivity contribution in [1.82, 2.24) is 10.3 Å². The average Bonchev–Trinajstić information content (AvgIpc) is 2.75. The fourth-order valence-corrected chi connectivity index (χ4v) is 2.19. The van der Waals surface area contributed by atoms with Gasteiger partial charge in [0.15, 0.2) is 5.58 Å². The van der Waals surface area contributed by atoms with E-state index in [0.717, 1.165) is 23.2 Å². The predicted molar refractivity (Wildman–Crippen MR) is 68.6 cm³/mol. The highest BCUT2D eigenvalue weighted by Gasteiger charge is 2.28. The molecule has 18 heavy (non-hydrogen) atoms. The molecule has 1 atom stereocenters. The van der Waals surface area contributed by atoms with E-state index in [1.807, 2.05) is 36.9 Å². The van der Waals surface area contributed by atoms with Crippen molar-refractivity contribution in [3.8, 4) is 0 Å². The van der Waals surface area contributed by atoms with Crippen molar-refractivity contribution in [3.05, 3.63) is 23.8 Å². The van der Waals surface area contributed by atoms with Crippen molar-refractivity contribution in [2.45, 2.75) is 19.9 Å². The summed E-state index contributed by atoms with van der Waals surface area (Å²) in [6.45, 7) is 5.22. The van der Waals surface area contributed by atoms with Gasteiger partial charge in [-0.2, -0.15) is 4.98 Å². The fourth-order valence-electron chi connectivity index (χ4n) is 2.19. The maximum atomic E-state index is 11.6. The van der Waals surface area contributed by atoms with E-state index in [2.05, 4.69) is 10.3 Å². The number of fused-ring (bicyclic) bond motifs is 1. The third-order valence-corrected chi connectivity index (χ3v) is 3.28. The first-order valence-electron chi connectivity index (χ1n) is 6.07. The van der Waals surface area contributed by atoms with E-state index in [1.54, 1.807) is 0 Å². The topological polar surface area (TPSA) is 58.4 Å². The smallest absolute Gasteiger partial charge is 0.299 e. The molecule has 0 bridgehead atoms.